The highest BCUT2D eigenvalue weighted by atomic mass is 16.4. The van der Waals surface area contributed by atoms with E-state index in [0.717, 1.165) is 29.4 Å². The Morgan fingerprint density at radius 2 is 2.09 bits per heavy atom. The molecule has 1 aromatic carbocycles. The zero-order chi connectivity index (χ0) is 16.4. The molecule has 2 aromatic rings. The fourth-order valence-electron chi connectivity index (χ4n) is 3.51. The monoisotopic (exact) mass is 314 g/mol. The smallest absolute Gasteiger partial charge is 0.306 e. The van der Waals surface area contributed by atoms with Gasteiger partial charge in [-0.1, -0.05) is 18.2 Å². The van der Waals surface area contributed by atoms with Crippen molar-refractivity contribution in [1.82, 2.24) is 9.88 Å². The molecule has 1 fully saturated rings. The highest BCUT2D eigenvalue weighted by molar-refractivity contribution is 5.89. The van der Waals surface area contributed by atoms with Crippen LogP contribution < -0.4 is 5.32 Å². The molecule has 2 atom stereocenters. The van der Waals surface area contributed by atoms with Crippen molar-refractivity contribution in [2.24, 2.45) is 5.92 Å². The molecule has 5 nitrogen and oxygen atoms in total. The van der Waals surface area contributed by atoms with Crippen LogP contribution in [0.1, 0.15) is 31.7 Å². The molecule has 1 aliphatic carbocycles. The number of rotatable bonds is 5. The van der Waals surface area contributed by atoms with Crippen LogP contribution in [0.4, 0.5) is 0 Å². The Kier molecular flexibility index (Phi) is 4.37. The first-order valence-corrected chi connectivity index (χ1v) is 8.17. The summed E-state index contributed by atoms with van der Waals surface area (Å²) in [6, 6.07) is 8.08. The number of carbonyl (C=O) groups excluding carboxylic acids is 1. The molecule has 0 saturated heterocycles. The zero-order valence-corrected chi connectivity index (χ0v) is 13.3. The Labute approximate surface area is 135 Å². The molecule has 1 saturated carbocycles. The third-order valence-electron chi connectivity index (χ3n) is 4.71. The van der Waals surface area contributed by atoms with E-state index in [9.17, 15) is 9.59 Å². The second-order valence-corrected chi connectivity index (χ2v) is 6.25. The van der Waals surface area contributed by atoms with E-state index in [1.54, 1.807) is 0 Å². The van der Waals surface area contributed by atoms with Crippen LogP contribution in [0.2, 0.25) is 0 Å². The fourth-order valence-corrected chi connectivity index (χ4v) is 3.51. The number of fused-ring (bicyclic) bond motifs is 1. The summed E-state index contributed by atoms with van der Waals surface area (Å²) in [5.74, 6) is -1.10. The van der Waals surface area contributed by atoms with Crippen LogP contribution in [0.25, 0.3) is 10.9 Å². The van der Waals surface area contributed by atoms with Gasteiger partial charge in [-0.25, -0.2) is 0 Å². The van der Waals surface area contributed by atoms with Gasteiger partial charge in [0.15, 0.2) is 0 Å². The van der Waals surface area contributed by atoms with Crippen molar-refractivity contribution in [3.05, 3.63) is 36.0 Å². The minimum Gasteiger partial charge on any atom is -0.481 e. The lowest BCUT2D eigenvalue weighted by Crippen LogP contribution is -2.34. The van der Waals surface area contributed by atoms with Gasteiger partial charge < -0.3 is 15.0 Å². The zero-order valence-electron chi connectivity index (χ0n) is 13.3. The maximum atomic E-state index is 12.3. The molecule has 122 valence electrons. The molecular formula is C18H22N2O3. The number of hydrogen-bond donors (Lipinski definition) is 2. The summed E-state index contributed by atoms with van der Waals surface area (Å²) in [5, 5.41) is 13.1. The van der Waals surface area contributed by atoms with Crippen LogP contribution in [0.3, 0.4) is 0 Å². The van der Waals surface area contributed by atoms with Crippen LogP contribution in [0.15, 0.2) is 30.5 Å². The predicted molar refractivity (Wildman–Crippen MR) is 88.2 cm³/mol. The number of benzene rings is 1. The quantitative estimate of drug-likeness (QED) is 0.891. The molecule has 3 rings (SSSR count). The lowest BCUT2D eigenvalue weighted by molar-refractivity contribution is -0.141. The summed E-state index contributed by atoms with van der Waals surface area (Å²) in [6.45, 7) is 2.95. The average molecular weight is 314 g/mol. The standard InChI is InChI=1S/C18H22N2O3/c1-2-20-11-13(15-5-3-4-6-16(15)20)10-17(21)19-14-8-7-12(9-14)18(22)23/h3-6,11-12,14H,2,7-10H2,1H3,(H,19,21)(H,22,23)/t12-,14+/m1/s1. The van der Waals surface area contributed by atoms with Gasteiger partial charge in [0.25, 0.3) is 0 Å². The lowest BCUT2D eigenvalue weighted by atomic mass is 10.1. The summed E-state index contributed by atoms with van der Waals surface area (Å²) in [5.41, 5.74) is 2.16. The largest absolute Gasteiger partial charge is 0.481 e. The van der Waals surface area contributed by atoms with Crippen molar-refractivity contribution in [3.8, 4) is 0 Å². The van der Waals surface area contributed by atoms with E-state index in [2.05, 4.69) is 22.9 Å². The fraction of sp³-hybridized carbons (Fsp3) is 0.444. The van der Waals surface area contributed by atoms with Gasteiger partial charge in [0, 0.05) is 29.7 Å². The maximum Gasteiger partial charge on any atom is 0.306 e. The topological polar surface area (TPSA) is 71.3 Å². The highest BCUT2D eigenvalue weighted by Crippen LogP contribution is 2.26. The number of nitrogens with zero attached hydrogens (tertiary/aromatic N) is 1. The summed E-state index contributed by atoms with van der Waals surface area (Å²) in [4.78, 5) is 23.3. The molecule has 1 aliphatic rings. The Morgan fingerprint density at radius 1 is 1.30 bits per heavy atom. The van der Waals surface area contributed by atoms with E-state index in [1.807, 2.05) is 24.4 Å². The summed E-state index contributed by atoms with van der Waals surface area (Å²) >= 11 is 0. The van der Waals surface area contributed by atoms with Crippen LogP contribution in [0.5, 0.6) is 0 Å². The number of aryl methyl sites for hydroxylation is 1. The van der Waals surface area contributed by atoms with Crippen LogP contribution >= 0.6 is 0 Å². The van der Waals surface area contributed by atoms with E-state index < -0.39 is 5.97 Å². The van der Waals surface area contributed by atoms with Gasteiger partial charge in [-0.3, -0.25) is 9.59 Å². The Balaban J connectivity index is 1.68. The first-order chi connectivity index (χ1) is 11.1. The average Bonchev–Trinajstić information content (AvgIpc) is 3.13. The Hall–Kier alpha value is -2.30. The molecule has 1 heterocycles. The molecule has 0 spiro atoms. The summed E-state index contributed by atoms with van der Waals surface area (Å²) < 4.78 is 2.15. The van der Waals surface area contributed by atoms with Crippen LogP contribution in [0, 0.1) is 5.92 Å². The summed E-state index contributed by atoms with van der Waals surface area (Å²) in [6.07, 6.45) is 4.31. The van der Waals surface area contributed by atoms with Crippen molar-refractivity contribution in [2.45, 2.75) is 45.2 Å². The molecule has 23 heavy (non-hydrogen) atoms. The number of carbonyl (C=O) groups is 2. The number of aromatic nitrogens is 1. The third kappa shape index (κ3) is 3.23. The van der Waals surface area contributed by atoms with Gasteiger partial charge in [-0.05, 0) is 37.8 Å². The van der Waals surface area contributed by atoms with Crippen molar-refractivity contribution >= 4 is 22.8 Å². The van der Waals surface area contributed by atoms with Gasteiger partial charge in [0.2, 0.25) is 5.91 Å². The minimum atomic E-state index is -0.757. The predicted octanol–water partition coefficient (Wildman–Crippen LogP) is 2.57. The molecule has 1 aromatic heterocycles. The highest BCUT2D eigenvalue weighted by Gasteiger charge is 2.30. The minimum absolute atomic E-state index is 0.0110. The maximum absolute atomic E-state index is 12.3. The van der Waals surface area contributed by atoms with E-state index in [0.29, 0.717) is 19.3 Å². The third-order valence-corrected chi connectivity index (χ3v) is 4.71. The molecule has 1 amide bonds. The van der Waals surface area contributed by atoms with Gasteiger partial charge in [-0.15, -0.1) is 0 Å². The van der Waals surface area contributed by atoms with Crippen molar-refractivity contribution in [2.75, 3.05) is 0 Å². The number of aliphatic carboxylic acids is 1. The van der Waals surface area contributed by atoms with E-state index in [1.165, 1.54) is 0 Å². The first kappa shape index (κ1) is 15.6. The Bertz CT molecular complexity index is 735. The Morgan fingerprint density at radius 3 is 2.78 bits per heavy atom. The van der Waals surface area contributed by atoms with Crippen molar-refractivity contribution in [3.63, 3.8) is 0 Å². The van der Waals surface area contributed by atoms with Crippen molar-refractivity contribution in [1.29, 1.82) is 0 Å². The molecule has 0 bridgehead atoms. The number of carboxylic acid groups (broad SMARTS) is 1. The first-order valence-electron chi connectivity index (χ1n) is 8.17. The molecule has 5 heteroatoms. The van der Waals surface area contributed by atoms with Gasteiger partial charge in [-0.2, -0.15) is 0 Å². The second-order valence-electron chi connectivity index (χ2n) is 6.25. The van der Waals surface area contributed by atoms with E-state index >= 15 is 0 Å². The number of para-hydroxylation sites is 1. The molecular weight excluding hydrogens is 292 g/mol. The van der Waals surface area contributed by atoms with Gasteiger partial charge in [0.05, 0.1) is 12.3 Å². The van der Waals surface area contributed by atoms with Crippen LogP contribution in [-0.2, 0) is 22.6 Å². The van der Waals surface area contributed by atoms with Crippen molar-refractivity contribution < 1.29 is 14.7 Å². The molecule has 0 unspecified atom stereocenters. The van der Waals surface area contributed by atoms with E-state index in [4.69, 9.17) is 5.11 Å². The van der Waals surface area contributed by atoms with Gasteiger partial charge >= 0.3 is 5.97 Å². The van der Waals surface area contributed by atoms with E-state index in [-0.39, 0.29) is 17.9 Å². The number of carboxylic acids is 1. The molecule has 2 N–H and O–H groups in total. The lowest BCUT2D eigenvalue weighted by Gasteiger charge is -2.12. The normalized spacial score (nSPS) is 20.7. The SMILES string of the molecule is CCn1cc(CC(=O)N[C@H]2CC[C@@H](C(=O)O)C2)c2ccccc21. The van der Waals surface area contributed by atoms with Gasteiger partial charge in [0.1, 0.15) is 0 Å². The number of amides is 1. The second kappa shape index (κ2) is 6.44. The molecule has 0 radical (unpaired) electrons. The number of hydrogen-bond acceptors (Lipinski definition) is 2. The molecule has 0 aliphatic heterocycles. The summed E-state index contributed by atoms with van der Waals surface area (Å²) in [7, 11) is 0. The van der Waals surface area contributed by atoms with Crippen LogP contribution in [-0.4, -0.2) is 27.6 Å². The number of nitrogens with one attached hydrogen (secondary N) is 1.